The molecule has 4 nitrogen and oxygen atoms in total. The largest absolute Gasteiger partial charge is 0.381 e. The molecule has 1 aliphatic carbocycles. The fraction of sp³-hybridized carbons (Fsp3) is 0.941. The fourth-order valence-electron chi connectivity index (χ4n) is 3.89. The van der Waals surface area contributed by atoms with Gasteiger partial charge in [-0.15, -0.1) is 0 Å². The van der Waals surface area contributed by atoms with Gasteiger partial charge < -0.3 is 9.64 Å². The molecule has 0 spiro atoms. The molecule has 21 heavy (non-hydrogen) atoms. The van der Waals surface area contributed by atoms with Gasteiger partial charge in [0.25, 0.3) is 0 Å². The molecule has 1 aliphatic heterocycles. The highest BCUT2D eigenvalue weighted by Gasteiger charge is 2.56. The lowest BCUT2D eigenvalue weighted by atomic mass is 9.63. The Kier molecular flexibility index (Phi) is 4.69. The lowest BCUT2D eigenvalue weighted by Gasteiger charge is -2.55. The van der Waals surface area contributed by atoms with Crippen molar-refractivity contribution >= 4 is 5.91 Å². The van der Waals surface area contributed by atoms with Gasteiger partial charge in [0.2, 0.25) is 5.91 Å². The van der Waals surface area contributed by atoms with E-state index >= 15 is 0 Å². The van der Waals surface area contributed by atoms with Crippen LogP contribution in [0.2, 0.25) is 0 Å². The number of carbonyl (C=O) groups excluding carboxylic acids is 1. The average molecular weight is 296 g/mol. The van der Waals surface area contributed by atoms with Gasteiger partial charge in [-0.1, -0.05) is 41.5 Å². The van der Waals surface area contributed by atoms with E-state index in [1.807, 2.05) is 0 Å². The molecule has 1 amide bonds. The molecular formula is C17H32N2O2. The van der Waals surface area contributed by atoms with E-state index < -0.39 is 0 Å². The number of hydrogen-bond acceptors (Lipinski definition) is 3. The molecule has 0 aromatic rings. The van der Waals surface area contributed by atoms with Gasteiger partial charge in [0.1, 0.15) is 0 Å². The summed E-state index contributed by atoms with van der Waals surface area (Å²) in [5.74, 6) is 1.19. The van der Waals surface area contributed by atoms with Crippen LogP contribution in [0.4, 0.5) is 0 Å². The maximum atomic E-state index is 12.9. The molecule has 2 rings (SSSR count). The first-order chi connectivity index (χ1) is 9.70. The number of carbonyl (C=O) groups is 1. The van der Waals surface area contributed by atoms with Crippen LogP contribution < -0.4 is 5.32 Å². The van der Waals surface area contributed by atoms with E-state index in [2.05, 4.69) is 51.8 Å². The third-order valence-corrected chi connectivity index (χ3v) is 5.34. The zero-order valence-electron chi connectivity index (χ0n) is 14.6. The first kappa shape index (κ1) is 16.8. The summed E-state index contributed by atoms with van der Waals surface area (Å²) in [5.41, 5.74) is 0.0349. The Bertz CT molecular complexity index is 392. The minimum Gasteiger partial charge on any atom is -0.381 e. The van der Waals surface area contributed by atoms with Gasteiger partial charge in [-0.2, -0.15) is 0 Å². The molecule has 1 heterocycles. The van der Waals surface area contributed by atoms with Crippen LogP contribution in [0.15, 0.2) is 0 Å². The molecule has 4 unspecified atom stereocenters. The third-order valence-electron chi connectivity index (χ3n) is 5.34. The van der Waals surface area contributed by atoms with E-state index in [1.54, 1.807) is 7.11 Å². The van der Waals surface area contributed by atoms with Crippen LogP contribution in [0.1, 0.15) is 54.4 Å². The summed E-state index contributed by atoms with van der Waals surface area (Å²) in [4.78, 5) is 15.0. The molecule has 0 aromatic carbocycles. The van der Waals surface area contributed by atoms with Crippen LogP contribution in [0.3, 0.4) is 0 Å². The molecular weight excluding hydrogens is 264 g/mol. The minimum atomic E-state index is -0.0360. The van der Waals surface area contributed by atoms with Gasteiger partial charge >= 0.3 is 0 Å². The molecule has 0 bridgehead atoms. The van der Waals surface area contributed by atoms with E-state index in [0.29, 0.717) is 11.8 Å². The van der Waals surface area contributed by atoms with Crippen LogP contribution in [0, 0.1) is 17.3 Å². The Balaban J connectivity index is 2.20. The van der Waals surface area contributed by atoms with E-state index in [-0.39, 0.29) is 35.7 Å². The van der Waals surface area contributed by atoms with E-state index in [9.17, 15) is 4.79 Å². The zero-order chi connectivity index (χ0) is 15.9. The predicted molar refractivity (Wildman–Crippen MR) is 84.8 cm³/mol. The van der Waals surface area contributed by atoms with Crippen LogP contribution in [-0.2, 0) is 9.53 Å². The molecule has 0 radical (unpaired) electrons. The number of rotatable bonds is 5. The number of hydrogen-bond donors (Lipinski definition) is 1. The van der Waals surface area contributed by atoms with Crippen molar-refractivity contribution in [2.75, 3.05) is 7.11 Å². The molecule has 4 heteroatoms. The van der Waals surface area contributed by atoms with E-state index in [4.69, 9.17) is 4.74 Å². The quantitative estimate of drug-likeness (QED) is 0.848. The lowest BCUT2D eigenvalue weighted by molar-refractivity contribution is -0.163. The Hall–Kier alpha value is -0.610. The van der Waals surface area contributed by atoms with Crippen LogP contribution >= 0.6 is 0 Å². The summed E-state index contributed by atoms with van der Waals surface area (Å²) in [5, 5.41) is 3.58. The average Bonchev–Trinajstić information content (AvgIpc) is 2.66. The Morgan fingerprint density at radius 1 is 1.33 bits per heavy atom. The summed E-state index contributed by atoms with van der Waals surface area (Å²) in [6.07, 6.45) is 2.40. The van der Waals surface area contributed by atoms with Crippen LogP contribution in [0.25, 0.3) is 0 Å². The first-order valence-electron chi connectivity index (χ1n) is 8.31. The van der Waals surface area contributed by atoms with E-state index in [1.165, 1.54) is 0 Å². The third kappa shape index (κ3) is 2.85. The van der Waals surface area contributed by atoms with Gasteiger partial charge in [-0.05, 0) is 24.7 Å². The second-order valence-corrected chi connectivity index (χ2v) is 8.08. The highest BCUT2D eigenvalue weighted by Crippen LogP contribution is 2.47. The van der Waals surface area contributed by atoms with Crippen molar-refractivity contribution < 1.29 is 9.53 Å². The van der Waals surface area contributed by atoms with Crippen molar-refractivity contribution in [3.8, 4) is 0 Å². The molecule has 2 aliphatic rings. The smallest absolute Gasteiger partial charge is 0.241 e. The summed E-state index contributed by atoms with van der Waals surface area (Å²) in [6.45, 7) is 13.1. The first-order valence-corrected chi connectivity index (χ1v) is 8.31. The van der Waals surface area contributed by atoms with Crippen LogP contribution in [-0.4, -0.2) is 42.3 Å². The number of ether oxygens (including phenoxy) is 1. The highest BCUT2D eigenvalue weighted by molar-refractivity contribution is 5.85. The monoisotopic (exact) mass is 296 g/mol. The summed E-state index contributed by atoms with van der Waals surface area (Å²) < 4.78 is 5.56. The molecule has 0 aromatic heterocycles. The van der Waals surface area contributed by atoms with Gasteiger partial charge in [-0.3, -0.25) is 10.1 Å². The highest BCUT2D eigenvalue weighted by atomic mass is 16.5. The van der Waals surface area contributed by atoms with Gasteiger partial charge in [0.05, 0.1) is 18.3 Å². The molecule has 4 atom stereocenters. The van der Waals surface area contributed by atoms with Crippen molar-refractivity contribution in [1.82, 2.24) is 10.2 Å². The normalized spacial score (nSPS) is 35.7. The van der Waals surface area contributed by atoms with Gasteiger partial charge in [0.15, 0.2) is 0 Å². The summed E-state index contributed by atoms with van der Waals surface area (Å²) >= 11 is 0. The van der Waals surface area contributed by atoms with Crippen molar-refractivity contribution in [1.29, 1.82) is 0 Å². The van der Waals surface area contributed by atoms with E-state index in [0.717, 1.165) is 12.8 Å². The fourth-order valence-corrected chi connectivity index (χ4v) is 3.89. The van der Waals surface area contributed by atoms with Crippen molar-refractivity contribution in [2.45, 2.75) is 78.7 Å². The summed E-state index contributed by atoms with van der Waals surface area (Å²) in [6, 6.07) is 0.251. The number of nitrogens with zero attached hydrogens (tertiary/aromatic N) is 1. The molecule has 2 fully saturated rings. The maximum Gasteiger partial charge on any atom is 0.241 e. The second kappa shape index (κ2) is 5.88. The Morgan fingerprint density at radius 2 is 1.95 bits per heavy atom. The molecule has 1 saturated heterocycles. The molecule has 1 saturated carbocycles. The SMILES string of the molecule is COC1CC(N2C(=O)C(C(C)C)NC2CC(C)C)C1(C)C. The standard InChI is InChI=1S/C17H32N2O2/c1-10(2)8-14-18-15(11(3)4)16(20)19(14)12-9-13(21-7)17(12,5)6/h10-15,18H,8-9H2,1-7H3. The van der Waals surface area contributed by atoms with Gasteiger partial charge in [0, 0.05) is 18.6 Å². The van der Waals surface area contributed by atoms with Crippen molar-refractivity contribution in [3.05, 3.63) is 0 Å². The number of amides is 1. The predicted octanol–water partition coefficient (Wildman–Crippen LogP) is 2.63. The minimum absolute atomic E-state index is 0.0349. The topological polar surface area (TPSA) is 41.6 Å². The summed E-state index contributed by atoms with van der Waals surface area (Å²) in [7, 11) is 1.77. The lowest BCUT2D eigenvalue weighted by Crippen LogP contribution is -2.64. The maximum absolute atomic E-state index is 12.9. The number of nitrogens with one attached hydrogen (secondary N) is 1. The van der Waals surface area contributed by atoms with Gasteiger partial charge in [-0.25, -0.2) is 0 Å². The van der Waals surface area contributed by atoms with Crippen molar-refractivity contribution in [3.63, 3.8) is 0 Å². The van der Waals surface area contributed by atoms with Crippen molar-refractivity contribution in [2.24, 2.45) is 17.3 Å². The van der Waals surface area contributed by atoms with Crippen LogP contribution in [0.5, 0.6) is 0 Å². The number of methoxy groups -OCH3 is 1. The Morgan fingerprint density at radius 3 is 2.38 bits per heavy atom. The zero-order valence-corrected chi connectivity index (χ0v) is 14.6. The second-order valence-electron chi connectivity index (χ2n) is 8.08. The molecule has 1 N–H and O–H groups in total. The molecule has 122 valence electrons. The Labute approximate surface area is 129 Å².